The van der Waals surface area contributed by atoms with Crippen LogP contribution in [0.5, 0.6) is 0 Å². The first-order valence-electron chi connectivity index (χ1n) is 7.10. The van der Waals surface area contributed by atoms with E-state index in [-0.39, 0.29) is 0 Å². The van der Waals surface area contributed by atoms with Crippen molar-refractivity contribution in [3.8, 4) is 0 Å². The zero-order valence-electron chi connectivity index (χ0n) is 11.7. The van der Waals surface area contributed by atoms with Crippen molar-refractivity contribution in [2.75, 3.05) is 19.8 Å². The summed E-state index contributed by atoms with van der Waals surface area (Å²) in [5, 5.41) is 3.53. The van der Waals surface area contributed by atoms with Crippen molar-refractivity contribution in [1.29, 1.82) is 0 Å². The molecule has 1 aromatic rings. The molecule has 0 spiro atoms. The van der Waals surface area contributed by atoms with E-state index < -0.39 is 0 Å². The summed E-state index contributed by atoms with van der Waals surface area (Å²) in [7, 11) is 0. The van der Waals surface area contributed by atoms with Gasteiger partial charge < -0.3 is 10.1 Å². The Balaban J connectivity index is 2.36. The van der Waals surface area contributed by atoms with Crippen LogP contribution in [0.3, 0.4) is 0 Å². The lowest BCUT2D eigenvalue weighted by Gasteiger charge is -2.18. The molecule has 0 fully saturated rings. The summed E-state index contributed by atoms with van der Waals surface area (Å²) in [5.74, 6) is 0. The molecule has 0 saturated heterocycles. The van der Waals surface area contributed by atoms with E-state index in [1.807, 2.05) is 18.3 Å². The van der Waals surface area contributed by atoms with E-state index in [1.165, 1.54) is 6.42 Å². The lowest BCUT2D eigenvalue weighted by molar-refractivity contribution is 0.121. The molecule has 0 aliphatic rings. The Morgan fingerprint density at radius 2 is 2.11 bits per heavy atom. The molecule has 3 nitrogen and oxygen atoms in total. The number of hydrogen-bond acceptors (Lipinski definition) is 3. The molecule has 18 heavy (non-hydrogen) atoms. The van der Waals surface area contributed by atoms with Crippen molar-refractivity contribution < 1.29 is 4.74 Å². The molecule has 0 aliphatic heterocycles. The molecule has 0 aliphatic carbocycles. The molecule has 102 valence electrons. The molecule has 0 aromatic carbocycles. The molecule has 0 saturated carbocycles. The quantitative estimate of drug-likeness (QED) is 0.647. The van der Waals surface area contributed by atoms with Gasteiger partial charge >= 0.3 is 0 Å². The Hall–Kier alpha value is -0.930. The molecule has 0 bridgehead atoms. The second-order valence-electron chi connectivity index (χ2n) is 4.52. The van der Waals surface area contributed by atoms with Crippen molar-refractivity contribution in [3.63, 3.8) is 0 Å². The lowest BCUT2D eigenvalue weighted by Crippen LogP contribution is -2.24. The first-order valence-corrected chi connectivity index (χ1v) is 7.10. The van der Waals surface area contributed by atoms with Gasteiger partial charge in [-0.05, 0) is 37.9 Å². The SMILES string of the molecule is CCCCOCCC(NCCC)c1ccccn1. The third-order valence-electron chi connectivity index (χ3n) is 2.88. The Kier molecular flexibility index (Phi) is 8.43. The predicted molar refractivity (Wildman–Crippen MR) is 75.6 cm³/mol. The van der Waals surface area contributed by atoms with Crippen LogP contribution in [-0.2, 0) is 4.74 Å². The van der Waals surface area contributed by atoms with E-state index >= 15 is 0 Å². The number of hydrogen-bond donors (Lipinski definition) is 1. The fourth-order valence-corrected chi connectivity index (χ4v) is 1.80. The highest BCUT2D eigenvalue weighted by Crippen LogP contribution is 2.14. The first-order chi connectivity index (χ1) is 8.88. The third-order valence-corrected chi connectivity index (χ3v) is 2.88. The van der Waals surface area contributed by atoms with Crippen molar-refractivity contribution in [2.24, 2.45) is 0 Å². The van der Waals surface area contributed by atoms with E-state index in [0.29, 0.717) is 6.04 Å². The number of pyridine rings is 1. The van der Waals surface area contributed by atoms with Gasteiger partial charge in [0.15, 0.2) is 0 Å². The van der Waals surface area contributed by atoms with Crippen LogP contribution >= 0.6 is 0 Å². The highest BCUT2D eigenvalue weighted by molar-refractivity contribution is 5.08. The molecule has 1 N–H and O–H groups in total. The normalized spacial score (nSPS) is 12.6. The maximum Gasteiger partial charge on any atom is 0.0574 e. The van der Waals surface area contributed by atoms with Crippen LogP contribution < -0.4 is 5.32 Å². The molecule has 1 heterocycles. The van der Waals surface area contributed by atoms with Gasteiger partial charge in [-0.1, -0.05) is 26.3 Å². The Morgan fingerprint density at radius 3 is 2.78 bits per heavy atom. The molecule has 1 aromatic heterocycles. The van der Waals surface area contributed by atoms with E-state index in [0.717, 1.165) is 44.7 Å². The van der Waals surface area contributed by atoms with Gasteiger partial charge in [0, 0.05) is 19.4 Å². The summed E-state index contributed by atoms with van der Waals surface area (Å²) in [6, 6.07) is 6.39. The minimum absolute atomic E-state index is 0.313. The summed E-state index contributed by atoms with van der Waals surface area (Å²) in [6.45, 7) is 7.07. The largest absolute Gasteiger partial charge is 0.381 e. The Bertz CT molecular complexity index is 290. The number of nitrogens with zero attached hydrogens (tertiary/aromatic N) is 1. The van der Waals surface area contributed by atoms with Gasteiger partial charge in [-0.15, -0.1) is 0 Å². The minimum atomic E-state index is 0.313. The van der Waals surface area contributed by atoms with Gasteiger partial charge in [0.2, 0.25) is 0 Å². The van der Waals surface area contributed by atoms with Gasteiger partial charge in [0.25, 0.3) is 0 Å². The molecule has 0 radical (unpaired) electrons. The standard InChI is InChI=1S/C15H26N2O/c1-3-5-12-18-13-9-15(16-10-4-2)14-8-6-7-11-17-14/h6-8,11,15-16H,3-5,9-10,12-13H2,1-2H3. The van der Waals surface area contributed by atoms with Crippen molar-refractivity contribution in [3.05, 3.63) is 30.1 Å². The summed E-state index contributed by atoms with van der Waals surface area (Å²) in [4.78, 5) is 4.43. The van der Waals surface area contributed by atoms with Crippen molar-refractivity contribution >= 4 is 0 Å². The monoisotopic (exact) mass is 250 g/mol. The number of rotatable bonds is 10. The average Bonchev–Trinajstić information content (AvgIpc) is 2.43. The average molecular weight is 250 g/mol. The molecule has 0 amide bonds. The van der Waals surface area contributed by atoms with E-state index in [2.05, 4.69) is 30.2 Å². The van der Waals surface area contributed by atoms with Crippen LogP contribution in [0.25, 0.3) is 0 Å². The van der Waals surface area contributed by atoms with Crippen LogP contribution in [0.2, 0.25) is 0 Å². The second kappa shape index (κ2) is 10.0. The molecule has 1 rings (SSSR count). The Labute approximate surface area is 111 Å². The molecule has 3 heteroatoms. The zero-order valence-corrected chi connectivity index (χ0v) is 11.7. The highest BCUT2D eigenvalue weighted by atomic mass is 16.5. The molecule has 1 atom stereocenters. The van der Waals surface area contributed by atoms with Crippen molar-refractivity contribution in [2.45, 2.75) is 45.6 Å². The first kappa shape index (κ1) is 15.1. The van der Waals surface area contributed by atoms with Gasteiger partial charge in [-0.3, -0.25) is 4.98 Å². The highest BCUT2D eigenvalue weighted by Gasteiger charge is 2.11. The second-order valence-corrected chi connectivity index (χ2v) is 4.52. The fourth-order valence-electron chi connectivity index (χ4n) is 1.80. The van der Waals surface area contributed by atoms with Gasteiger partial charge in [-0.25, -0.2) is 0 Å². The summed E-state index contributed by atoms with van der Waals surface area (Å²) >= 11 is 0. The lowest BCUT2D eigenvalue weighted by atomic mass is 10.1. The molecular weight excluding hydrogens is 224 g/mol. The summed E-state index contributed by atoms with van der Waals surface area (Å²) in [6.07, 6.45) is 6.32. The van der Waals surface area contributed by atoms with Gasteiger partial charge in [0.1, 0.15) is 0 Å². The number of unbranched alkanes of at least 4 members (excludes halogenated alkanes) is 1. The van der Waals surface area contributed by atoms with Crippen molar-refractivity contribution in [1.82, 2.24) is 10.3 Å². The number of ether oxygens (including phenoxy) is 1. The summed E-state index contributed by atoms with van der Waals surface area (Å²) < 4.78 is 5.64. The third kappa shape index (κ3) is 6.12. The Morgan fingerprint density at radius 1 is 1.22 bits per heavy atom. The fraction of sp³-hybridized carbons (Fsp3) is 0.667. The zero-order chi connectivity index (χ0) is 13.1. The summed E-state index contributed by atoms with van der Waals surface area (Å²) in [5.41, 5.74) is 1.12. The topological polar surface area (TPSA) is 34.1 Å². The van der Waals surface area contributed by atoms with E-state index in [9.17, 15) is 0 Å². The number of aromatic nitrogens is 1. The van der Waals surface area contributed by atoms with E-state index in [1.54, 1.807) is 0 Å². The molecule has 1 unspecified atom stereocenters. The van der Waals surface area contributed by atoms with Gasteiger partial charge in [-0.2, -0.15) is 0 Å². The number of nitrogens with one attached hydrogen (secondary N) is 1. The maximum absolute atomic E-state index is 5.64. The predicted octanol–water partition coefficient (Wildman–Crippen LogP) is 3.33. The van der Waals surface area contributed by atoms with Crippen LogP contribution in [-0.4, -0.2) is 24.7 Å². The van der Waals surface area contributed by atoms with E-state index in [4.69, 9.17) is 4.74 Å². The van der Waals surface area contributed by atoms with Crippen LogP contribution in [0.15, 0.2) is 24.4 Å². The minimum Gasteiger partial charge on any atom is -0.381 e. The molecular formula is C15H26N2O. The van der Waals surface area contributed by atoms with Crippen LogP contribution in [0, 0.1) is 0 Å². The van der Waals surface area contributed by atoms with Crippen LogP contribution in [0.4, 0.5) is 0 Å². The van der Waals surface area contributed by atoms with Crippen LogP contribution in [0.1, 0.15) is 51.3 Å². The van der Waals surface area contributed by atoms with Gasteiger partial charge in [0.05, 0.1) is 11.7 Å². The maximum atomic E-state index is 5.64. The smallest absolute Gasteiger partial charge is 0.0574 e.